The maximum atomic E-state index is 12.7. The van der Waals surface area contributed by atoms with Crippen LogP contribution in [0.15, 0.2) is 0 Å². The van der Waals surface area contributed by atoms with Crippen LogP contribution in [0.3, 0.4) is 0 Å². The van der Waals surface area contributed by atoms with Gasteiger partial charge in [-0.3, -0.25) is 4.79 Å². The van der Waals surface area contributed by atoms with Crippen molar-refractivity contribution in [2.24, 2.45) is 11.8 Å². The van der Waals surface area contributed by atoms with Crippen molar-refractivity contribution in [2.45, 2.75) is 57.2 Å². The van der Waals surface area contributed by atoms with Crippen molar-refractivity contribution in [1.29, 1.82) is 0 Å². The molecule has 1 aliphatic carbocycles. The summed E-state index contributed by atoms with van der Waals surface area (Å²) >= 11 is 0. The van der Waals surface area contributed by atoms with Crippen molar-refractivity contribution in [2.75, 3.05) is 20.1 Å². The lowest BCUT2D eigenvalue weighted by atomic mass is 9.80. The molecule has 1 aliphatic heterocycles. The van der Waals surface area contributed by atoms with Gasteiger partial charge in [-0.05, 0) is 52.0 Å². The molecule has 21 heavy (non-hydrogen) atoms. The first-order valence-electron chi connectivity index (χ1n) is 7.95. The second-order valence-corrected chi connectivity index (χ2v) is 6.33. The number of hydrogen-bond acceptors (Lipinski definition) is 2. The number of rotatable bonds is 3. The molecule has 0 radical (unpaired) electrons. The molecule has 2 aliphatic rings. The topological polar surface area (TPSA) is 32.3 Å². The van der Waals surface area contributed by atoms with Gasteiger partial charge in [0.05, 0.1) is 5.92 Å². The van der Waals surface area contributed by atoms with E-state index in [1.165, 1.54) is 0 Å². The third-order valence-electron chi connectivity index (χ3n) is 4.89. The average molecular weight is 306 g/mol. The summed E-state index contributed by atoms with van der Waals surface area (Å²) in [6, 6.07) is 0.205. The van der Waals surface area contributed by atoms with E-state index < -0.39 is 12.1 Å². The average Bonchev–Trinajstić information content (AvgIpc) is 2.47. The molecule has 1 atom stereocenters. The Kier molecular flexibility index (Phi) is 5.52. The Morgan fingerprint density at radius 1 is 1.14 bits per heavy atom. The number of likely N-dealkylation sites (tertiary alicyclic amines) is 1. The highest BCUT2D eigenvalue weighted by molar-refractivity contribution is 5.79. The van der Waals surface area contributed by atoms with Gasteiger partial charge in [-0.1, -0.05) is 0 Å². The lowest BCUT2D eigenvalue weighted by Crippen LogP contribution is -2.50. The lowest BCUT2D eigenvalue weighted by molar-refractivity contribution is -0.185. The summed E-state index contributed by atoms with van der Waals surface area (Å²) in [6.07, 6.45) is -0.0223. The van der Waals surface area contributed by atoms with Gasteiger partial charge in [-0.2, -0.15) is 13.2 Å². The molecule has 1 saturated carbocycles. The molecule has 1 amide bonds. The van der Waals surface area contributed by atoms with E-state index in [-0.39, 0.29) is 30.7 Å². The molecule has 0 bridgehead atoms. The maximum absolute atomic E-state index is 12.7. The van der Waals surface area contributed by atoms with E-state index in [0.29, 0.717) is 12.8 Å². The van der Waals surface area contributed by atoms with E-state index in [9.17, 15) is 18.0 Å². The van der Waals surface area contributed by atoms with Crippen LogP contribution in [0.5, 0.6) is 0 Å². The van der Waals surface area contributed by atoms with Crippen LogP contribution in [-0.4, -0.2) is 43.2 Å². The summed E-state index contributed by atoms with van der Waals surface area (Å²) in [7, 11) is 1.87. The van der Waals surface area contributed by atoms with Crippen LogP contribution in [0.4, 0.5) is 13.2 Å². The number of nitrogens with zero attached hydrogens (tertiary/aromatic N) is 1. The lowest BCUT2D eigenvalue weighted by Gasteiger charge is -2.39. The Balaban J connectivity index is 1.91. The largest absolute Gasteiger partial charge is 0.391 e. The van der Waals surface area contributed by atoms with Crippen LogP contribution in [-0.2, 0) is 4.79 Å². The highest BCUT2D eigenvalue weighted by Crippen LogP contribution is 2.40. The summed E-state index contributed by atoms with van der Waals surface area (Å²) in [5.74, 6) is -1.34. The van der Waals surface area contributed by atoms with Gasteiger partial charge in [0.1, 0.15) is 0 Å². The van der Waals surface area contributed by atoms with Gasteiger partial charge in [0.15, 0.2) is 0 Å². The second kappa shape index (κ2) is 6.99. The third kappa shape index (κ3) is 4.11. The van der Waals surface area contributed by atoms with E-state index in [1.54, 1.807) is 0 Å². The Morgan fingerprint density at radius 2 is 1.81 bits per heavy atom. The number of carbonyl (C=O) groups is 1. The number of piperidine rings is 1. The molecule has 1 heterocycles. The van der Waals surface area contributed by atoms with Gasteiger partial charge in [0, 0.05) is 25.0 Å². The smallest absolute Gasteiger partial charge is 0.338 e. The van der Waals surface area contributed by atoms with Gasteiger partial charge in [0.2, 0.25) is 5.91 Å². The first-order valence-corrected chi connectivity index (χ1v) is 7.95. The van der Waals surface area contributed by atoms with Gasteiger partial charge < -0.3 is 10.2 Å². The first kappa shape index (κ1) is 16.6. The van der Waals surface area contributed by atoms with Crippen molar-refractivity contribution in [3.8, 4) is 0 Å². The summed E-state index contributed by atoms with van der Waals surface area (Å²) in [5.41, 5.74) is 0. The highest BCUT2D eigenvalue weighted by Gasteiger charge is 2.43. The van der Waals surface area contributed by atoms with Crippen molar-refractivity contribution in [1.82, 2.24) is 10.2 Å². The minimum Gasteiger partial charge on any atom is -0.338 e. The van der Waals surface area contributed by atoms with Crippen LogP contribution in [0.2, 0.25) is 0 Å². The molecular formula is C15H25F3N2O. The monoisotopic (exact) mass is 306 g/mol. The van der Waals surface area contributed by atoms with Crippen LogP contribution < -0.4 is 5.32 Å². The summed E-state index contributed by atoms with van der Waals surface area (Å²) in [5, 5.41) is 3.11. The molecule has 0 aromatic rings. The SMILES string of the molecule is CNCC1CCCCN1C(=O)C1CCC(C(F)(F)F)CC1. The number of halogens is 3. The molecule has 0 aromatic heterocycles. The fraction of sp³-hybridized carbons (Fsp3) is 0.933. The Morgan fingerprint density at radius 3 is 2.38 bits per heavy atom. The molecule has 1 unspecified atom stereocenters. The number of alkyl halides is 3. The number of carbonyl (C=O) groups excluding carboxylic acids is 1. The number of hydrogen-bond donors (Lipinski definition) is 1. The molecule has 3 nitrogen and oxygen atoms in total. The van der Waals surface area contributed by atoms with E-state index in [2.05, 4.69) is 5.32 Å². The molecule has 1 N–H and O–H groups in total. The van der Waals surface area contributed by atoms with Crippen LogP contribution in [0.1, 0.15) is 44.9 Å². The third-order valence-corrected chi connectivity index (χ3v) is 4.89. The predicted molar refractivity (Wildman–Crippen MR) is 74.8 cm³/mol. The summed E-state index contributed by atoms with van der Waals surface area (Å²) in [4.78, 5) is 14.5. The minimum absolute atomic E-state index is 0.0792. The molecule has 6 heteroatoms. The molecular weight excluding hydrogens is 281 g/mol. The van der Waals surface area contributed by atoms with E-state index in [1.807, 2.05) is 11.9 Å². The van der Waals surface area contributed by atoms with Crippen LogP contribution >= 0.6 is 0 Å². The van der Waals surface area contributed by atoms with Gasteiger partial charge in [-0.15, -0.1) is 0 Å². The highest BCUT2D eigenvalue weighted by atomic mass is 19.4. The summed E-state index contributed by atoms with van der Waals surface area (Å²) in [6.45, 7) is 1.52. The fourth-order valence-electron chi connectivity index (χ4n) is 3.64. The number of amides is 1. The van der Waals surface area contributed by atoms with Gasteiger partial charge in [-0.25, -0.2) is 0 Å². The molecule has 122 valence electrons. The minimum atomic E-state index is -4.10. The van der Waals surface area contributed by atoms with Crippen LogP contribution in [0.25, 0.3) is 0 Å². The van der Waals surface area contributed by atoms with Gasteiger partial charge >= 0.3 is 6.18 Å². The molecule has 2 rings (SSSR count). The molecule has 0 aromatic carbocycles. The first-order chi connectivity index (χ1) is 9.93. The maximum Gasteiger partial charge on any atom is 0.391 e. The molecule has 1 saturated heterocycles. The Labute approximate surface area is 124 Å². The second-order valence-electron chi connectivity index (χ2n) is 6.33. The standard InChI is InChI=1S/C15H25F3N2O/c1-19-10-13-4-2-3-9-20(13)14(21)11-5-7-12(8-6-11)15(16,17)18/h11-13,19H,2-10H2,1H3. The molecule has 2 fully saturated rings. The number of likely N-dealkylation sites (N-methyl/N-ethyl adjacent to an activating group) is 1. The fourth-order valence-corrected chi connectivity index (χ4v) is 3.64. The van der Waals surface area contributed by atoms with Crippen molar-refractivity contribution >= 4 is 5.91 Å². The van der Waals surface area contributed by atoms with E-state index >= 15 is 0 Å². The predicted octanol–water partition coefficient (Wildman–Crippen LogP) is 2.96. The van der Waals surface area contributed by atoms with Crippen molar-refractivity contribution < 1.29 is 18.0 Å². The van der Waals surface area contributed by atoms with E-state index in [4.69, 9.17) is 0 Å². The number of nitrogens with one attached hydrogen (secondary N) is 1. The zero-order valence-electron chi connectivity index (χ0n) is 12.6. The Hall–Kier alpha value is -0.780. The Bertz CT molecular complexity index is 349. The van der Waals surface area contributed by atoms with Crippen LogP contribution in [0, 0.1) is 11.8 Å². The van der Waals surface area contributed by atoms with E-state index in [0.717, 1.165) is 32.4 Å². The van der Waals surface area contributed by atoms with Gasteiger partial charge in [0.25, 0.3) is 0 Å². The van der Waals surface area contributed by atoms with Crippen molar-refractivity contribution in [3.05, 3.63) is 0 Å². The van der Waals surface area contributed by atoms with Crippen molar-refractivity contribution in [3.63, 3.8) is 0 Å². The quantitative estimate of drug-likeness (QED) is 0.869. The summed E-state index contributed by atoms with van der Waals surface area (Å²) < 4.78 is 38.0. The zero-order valence-corrected chi connectivity index (χ0v) is 12.6. The zero-order chi connectivity index (χ0) is 15.5. The molecule has 0 spiro atoms. The normalized spacial score (nSPS) is 31.2.